The number of aliphatic carboxylic acids is 1. The maximum absolute atomic E-state index is 13.6. The summed E-state index contributed by atoms with van der Waals surface area (Å²) < 4.78 is 5.68. The van der Waals surface area contributed by atoms with Crippen LogP contribution in [0.1, 0.15) is 56.6 Å². The topological polar surface area (TPSA) is 95.9 Å². The van der Waals surface area contributed by atoms with Gasteiger partial charge in [-0.05, 0) is 53.9 Å². The molecule has 2 bridgehead atoms. The molecule has 7 heteroatoms. The Kier molecular flexibility index (Phi) is 5.38. The maximum atomic E-state index is 13.6. The lowest BCUT2D eigenvalue weighted by Crippen LogP contribution is -2.64. The number of carbonyl (C=O) groups excluding carboxylic acids is 2. The van der Waals surface area contributed by atoms with Crippen molar-refractivity contribution in [3.63, 3.8) is 0 Å². The van der Waals surface area contributed by atoms with Gasteiger partial charge in [0, 0.05) is 12.5 Å². The van der Waals surface area contributed by atoms with Gasteiger partial charge in [-0.15, -0.1) is 0 Å². The highest BCUT2D eigenvalue weighted by molar-refractivity contribution is 5.96. The zero-order valence-corrected chi connectivity index (χ0v) is 19.5. The van der Waals surface area contributed by atoms with Crippen LogP contribution in [0.15, 0.2) is 48.5 Å². The predicted octanol–water partition coefficient (Wildman–Crippen LogP) is 4.16. The fourth-order valence-electron chi connectivity index (χ4n) is 6.12. The van der Waals surface area contributed by atoms with Gasteiger partial charge in [0.05, 0.1) is 0 Å². The van der Waals surface area contributed by atoms with Crippen molar-refractivity contribution in [3.05, 3.63) is 59.7 Å². The van der Waals surface area contributed by atoms with Gasteiger partial charge in [-0.3, -0.25) is 4.79 Å². The van der Waals surface area contributed by atoms with Gasteiger partial charge < -0.3 is 20.1 Å². The molecule has 0 atom stereocenters. The van der Waals surface area contributed by atoms with Crippen molar-refractivity contribution in [2.45, 2.75) is 56.5 Å². The summed E-state index contributed by atoms with van der Waals surface area (Å²) in [5, 5.41) is 12.6. The Morgan fingerprint density at radius 1 is 1.03 bits per heavy atom. The van der Waals surface area contributed by atoms with Crippen LogP contribution in [0.25, 0.3) is 11.1 Å². The number of ether oxygens (including phenoxy) is 1. The van der Waals surface area contributed by atoms with Crippen molar-refractivity contribution in [3.8, 4) is 11.1 Å². The van der Waals surface area contributed by atoms with E-state index in [0.717, 1.165) is 22.3 Å². The maximum Gasteiger partial charge on any atom is 0.408 e. The molecule has 0 radical (unpaired) electrons. The lowest BCUT2D eigenvalue weighted by atomic mass is 9.73. The molecule has 2 saturated heterocycles. The molecule has 0 spiro atoms. The van der Waals surface area contributed by atoms with Gasteiger partial charge in [-0.2, -0.15) is 0 Å². The van der Waals surface area contributed by atoms with Crippen LogP contribution in [0.2, 0.25) is 0 Å². The summed E-state index contributed by atoms with van der Waals surface area (Å²) in [5.41, 5.74) is 2.20. The molecular formula is C27H30N2O5. The second-order valence-corrected chi connectivity index (χ2v) is 9.77. The number of carboxylic acids is 1. The number of carboxylic acid groups (broad SMARTS) is 1. The smallest absolute Gasteiger partial charge is 0.408 e. The zero-order chi connectivity index (χ0) is 24.1. The molecule has 1 saturated carbocycles. The van der Waals surface area contributed by atoms with E-state index in [9.17, 15) is 19.5 Å². The fourth-order valence-corrected chi connectivity index (χ4v) is 6.12. The Morgan fingerprint density at radius 3 is 2.12 bits per heavy atom. The first-order valence-electron chi connectivity index (χ1n) is 12.0. The van der Waals surface area contributed by atoms with Gasteiger partial charge in [0.2, 0.25) is 5.91 Å². The highest BCUT2D eigenvalue weighted by Crippen LogP contribution is 2.51. The standard InChI is InChI=1S/C27H30N2O5/c1-3-26(4-2,23(30)29-15-17-13-27(29,14-17)24(31)32)28-25(33)34-16-22-20-11-7-5-9-18(20)19-10-6-8-12-21(19)22/h5-12,17,22H,3-4,13-16H2,1-2H3,(H,28,33)(H,31,32). The van der Waals surface area contributed by atoms with Gasteiger partial charge >= 0.3 is 12.1 Å². The minimum atomic E-state index is -1.19. The predicted molar refractivity (Wildman–Crippen MR) is 126 cm³/mol. The molecule has 2 amide bonds. The number of rotatable bonds is 7. The number of nitrogens with zero attached hydrogens (tertiary/aromatic N) is 1. The third-order valence-corrected chi connectivity index (χ3v) is 8.15. The first-order chi connectivity index (χ1) is 16.3. The van der Waals surface area contributed by atoms with Gasteiger partial charge in [0.25, 0.3) is 0 Å². The number of carbonyl (C=O) groups is 3. The Bertz CT molecular complexity index is 1100. The van der Waals surface area contributed by atoms with Crippen LogP contribution in [0.5, 0.6) is 0 Å². The second kappa shape index (κ2) is 8.15. The Balaban J connectivity index is 1.31. The van der Waals surface area contributed by atoms with Crippen LogP contribution in [0.4, 0.5) is 4.79 Å². The van der Waals surface area contributed by atoms with Crippen molar-refractivity contribution in [1.29, 1.82) is 0 Å². The summed E-state index contributed by atoms with van der Waals surface area (Å²) in [4.78, 5) is 40.0. The van der Waals surface area contributed by atoms with E-state index in [-0.39, 0.29) is 24.3 Å². The molecule has 2 aliphatic carbocycles. The van der Waals surface area contributed by atoms with Crippen molar-refractivity contribution >= 4 is 18.0 Å². The molecule has 2 aromatic rings. The van der Waals surface area contributed by atoms with Crippen LogP contribution < -0.4 is 5.32 Å². The molecular weight excluding hydrogens is 432 g/mol. The average molecular weight is 463 g/mol. The molecule has 2 heterocycles. The molecule has 6 rings (SSSR count). The number of fused-ring (bicyclic) bond motifs is 4. The Labute approximate surface area is 199 Å². The SMILES string of the molecule is CCC(CC)(NC(=O)OCC1c2ccccc2-c2ccccc21)C(=O)N1CC2CC1(C(=O)O)C2. The van der Waals surface area contributed by atoms with E-state index in [2.05, 4.69) is 29.6 Å². The van der Waals surface area contributed by atoms with Crippen molar-refractivity contribution in [2.24, 2.45) is 5.92 Å². The largest absolute Gasteiger partial charge is 0.479 e. The van der Waals surface area contributed by atoms with E-state index < -0.39 is 23.1 Å². The minimum absolute atomic E-state index is 0.0763. The van der Waals surface area contributed by atoms with E-state index in [0.29, 0.717) is 32.2 Å². The first-order valence-corrected chi connectivity index (χ1v) is 12.0. The molecule has 0 aromatic heterocycles. The molecule has 2 aromatic carbocycles. The van der Waals surface area contributed by atoms with Crippen LogP contribution in [-0.4, -0.2) is 52.2 Å². The quantitative estimate of drug-likeness (QED) is 0.644. The summed E-state index contributed by atoms with van der Waals surface area (Å²) in [7, 11) is 0. The van der Waals surface area contributed by atoms with Gasteiger partial charge in [0.15, 0.2) is 0 Å². The van der Waals surface area contributed by atoms with Crippen molar-refractivity contribution in [2.75, 3.05) is 13.2 Å². The van der Waals surface area contributed by atoms with Crippen LogP contribution in [0, 0.1) is 5.92 Å². The normalized spacial score (nSPS) is 22.5. The molecule has 34 heavy (non-hydrogen) atoms. The minimum Gasteiger partial charge on any atom is -0.479 e. The average Bonchev–Trinajstić information content (AvgIpc) is 3.49. The third-order valence-electron chi connectivity index (χ3n) is 8.15. The summed E-state index contributed by atoms with van der Waals surface area (Å²) in [5.74, 6) is -1.14. The van der Waals surface area contributed by atoms with Gasteiger partial charge in [0.1, 0.15) is 17.7 Å². The lowest BCUT2D eigenvalue weighted by Gasteiger charge is -2.42. The van der Waals surface area contributed by atoms with Crippen LogP contribution in [0.3, 0.4) is 0 Å². The molecule has 178 valence electrons. The molecule has 3 fully saturated rings. The monoisotopic (exact) mass is 462 g/mol. The number of hydrogen-bond acceptors (Lipinski definition) is 4. The van der Waals surface area contributed by atoms with E-state index in [1.54, 1.807) is 0 Å². The van der Waals surface area contributed by atoms with E-state index in [4.69, 9.17) is 4.74 Å². The molecule has 4 aliphatic rings. The summed E-state index contributed by atoms with van der Waals surface area (Å²) in [6.45, 7) is 4.25. The fraction of sp³-hybridized carbons (Fsp3) is 0.444. The van der Waals surface area contributed by atoms with Gasteiger partial charge in [-0.1, -0.05) is 62.4 Å². The summed E-state index contributed by atoms with van der Waals surface area (Å²) in [6.07, 6.45) is 1.02. The number of nitrogens with one attached hydrogen (secondary N) is 1. The molecule has 7 nitrogen and oxygen atoms in total. The molecule has 2 aliphatic heterocycles. The Morgan fingerprint density at radius 2 is 1.59 bits per heavy atom. The third kappa shape index (κ3) is 3.21. The first kappa shape index (κ1) is 22.4. The highest BCUT2D eigenvalue weighted by atomic mass is 16.5. The Hall–Kier alpha value is -3.35. The zero-order valence-electron chi connectivity index (χ0n) is 19.5. The number of amides is 2. The summed E-state index contributed by atoms with van der Waals surface area (Å²) in [6, 6.07) is 16.2. The second-order valence-electron chi connectivity index (χ2n) is 9.77. The van der Waals surface area contributed by atoms with E-state index in [1.165, 1.54) is 4.90 Å². The van der Waals surface area contributed by atoms with Crippen LogP contribution in [-0.2, 0) is 14.3 Å². The van der Waals surface area contributed by atoms with Crippen molar-refractivity contribution in [1.82, 2.24) is 10.2 Å². The van der Waals surface area contributed by atoms with Crippen LogP contribution >= 0.6 is 0 Å². The summed E-state index contributed by atoms with van der Waals surface area (Å²) >= 11 is 0. The number of alkyl carbamates (subject to hydrolysis) is 1. The van der Waals surface area contributed by atoms with Gasteiger partial charge in [-0.25, -0.2) is 9.59 Å². The van der Waals surface area contributed by atoms with Crippen molar-refractivity contribution < 1.29 is 24.2 Å². The number of hydrogen-bond donors (Lipinski definition) is 2. The lowest BCUT2D eigenvalue weighted by molar-refractivity contribution is -0.161. The highest BCUT2D eigenvalue weighted by Gasteiger charge is 2.64. The van der Waals surface area contributed by atoms with E-state index >= 15 is 0 Å². The van der Waals surface area contributed by atoms with E-state index in [1.807, 2.05) is 38.1 Å². The molecule has 0 unspecified atom stereocenters. The molecule has 2 N–H and O–H groups in total. The number of benzene rings is 2.